The third-order valence-corrected chi connectivity index (χ3v) is 4.33. The normalized spacial score (nSPS) is 12.3. The van der Waals surface area contributed by atoms with Gasteiger partial charge in [-0.2, -0.15) is 0 Å². The first kappa shape index (κ1) is 15.0. The molecule has 0 unspecified atom stereocenters. The molecule has 1 atom stereocenters. The first-order chi connectivity index (χ1) is 8.97. The maximum atomic E-state index is 5.87. The molecular formula is C14H12Br3NO. The van der Waals surface area contributed by atoms with Gasteiger partial charge in [-0.05, 0) is 74.7 Å². The molecule has 0 amide bonds. The van der Waals surface area contributed by atoms with Crippen molar-refractivity contribution < 1.29 is 4.74 Å². The fourth-order valence-electron chi connectivity index (χ4n) is 1.56. The Morgan fingerprint density at radius 1 is 0.947 bits per heavy atom. The van der Waals surface area contributed by atoms with E-state index in [1.54, 1.807) is 0 Å². The fraction of sp³-hybridized carbons (Fsp3) is 0.143. The molecule has 0 saturated heterocycles. The maximum absolute atomic E-state index is 5.87. The molecule has 0 heterocycles. The lowest BCUT2D eigenvalue weighted by Crippen LogP contribution is -2.04. The Bertz CT molecular complexity index is 599. The highest BCUT2D eigenvalue weighted by Crippen LogP contribution is 2.36. The van der Waals surface area contributed by atoms with Gasteiger partial charge in [0.25, 0.3) is 0 Å². The second-order valence-corrected chi connectivity index (χ2v) is 6.78. The molecule has 0 saturated carbocycles. The zero-order valence-corrected chi connectivity index (χ0v) is 14.9. The van der Waals surface area contributed by atoms with Crippen LogP contribution in [0.25, 0.3) is 0 Å². The Morgan fingerprint density at radius 2 is 1.53 bits per heavy atom. The molecule has 0 fully saturated rings. The lowest BCUT2D eigenvalue weighted by molar-refractivity contribution is 0.476. The highest BCUT2D eigenvalue weighted by molar-refractivity contribution is 9.11. The van der Waals surface area contributed by atoms with Gasteiger partial charge >= 0.3 is 0 Å². The van der Waals surface area contributed by atoms with Gasteiger partial charge in [0.15, 0.2) is 0 Å². The van der Waals surface area contributed by atoms with E-state index in [0.717, 1.165) is 30.5 Å². The monoisotopic (exact) mass is 447 g/mol. The SMILES string of the molecule is C[C@@H](N)c1ccc(Oc2ccc(Br)cc2Br)c(Br)c1. The molecule has 2 aromatic carbocycles. The van der Waals surface area contributed by atoms with Crippen LogP contribution in [0, 0.1) is 0 Å². The third kappa shape index (κ3) is 3.81. The fourth-order valence-corrected chi connectivity index (χ4v) is 3.16. The molecule has 0 aliphatic heterocycles. The Balaban J connectivity index is 2.28. The van der Waals surface area contributed by atoms with Crippen molar-refractivity contribution in [2.24, 2.45) is 5.73 Å². The van der Waals surface area contributed by atoms with Gasteiger partial charge in [-0.25, -0.2) is 0 Å². The number of ether oxygens (including phenoxy) is 1. The van der Waals surface area contributed by atoms with Gasteiger partial charge in [0.2, 0.25) is 0 Å². The molecule has 100 valence electrons. The summed E-state index contributed by atoms with van der Waals surface area (Å²) in [6.07, 6.45) is 0. The molecule has 2 nitrogen and oxygen atoms in total. The zero-order valence-electron chi connectivity index (χ0n) is 10.2. The van der Waals surface area contributed by atoms with Crippen LogP contribution >= 0.6 is 47.8 Å². The predicted molar refractivity (Wildman–Crippen MR) is 88.7 cm³/mol. The first-order valence-corrected chi connectivity index (χ1v) is 8.03. The molecule has 2 rings (SSSR count). The lowest BCUT2D eigenvalue weighted by Gasteiger charge is -2.12. The molecule has 2 N–H and O–H groups in total. The van der Waals surface area contributed by atoms with Crippen LogP contribution in [-0.4, -0.2) is 0 Å². The first-order valence-electron chi connectivity index (χ1n) is 5.65. The molecule has 2 aromatic rings. The summed E-state index contributed by atoms with van der Waals surface area (Å²) in [6, 6.07) is 11.6. The largest absolute Gasteiger partial charge is 0.455 e. The van der Waals surface area contributed by atoms with Gasteiger partial charge in [0, 0.05) is 10.5 Å². The van der Waals surface area contributed by atoms with Crippen molar-refractivity contribution in [1.82, 2.24) is 0 Å². The van der Waals surface area contributed by atoms with E-state index in [1.807, 2.05) is 43.3 Å². The Kier molecular flexibility index (Phi) is 5.06. The van der Waals surface area contributed by atoms with Crippen LogP contribution in [0.1, 0.15) is 18.5 Å². The number of hydrogen-bond acceptors (Lipinski definition) is 2. The van der Waals surface area contributed by atoms with Gasteiger partial charge in [-0.15, -0.1) is 0 Å². The average molecular weight is 450 g/mol. The lowest BCUT2D eigenvalue weighted by atomic mass is 10.1. The topological polar surface area (TPSA) is 35.2 Å². The van der Waals surface area contributed by atoms with Crippen molar-refractivity contribution in [3.8, 4) is 11.5 Å². The van der Waals surface area contributed by atoms with Crippen LogP contribution in [0.4, 0.5) is 0 Å². The van der Waals surface area contributed by atoms with Crippen molar-refractivity contribution in [2.75, 3.05) is 0 Å². The zero-order chi connectivity index (χ0) is 14.0. The summed E-state index contributed by atoms with van der Waals surface area (Å²) in [5.74, 6) is 1.52. The molecular weight excluding hydrogens is 438 g/mol. The van der Waals surface area contributed by atoms with E-state index in [1.165, 1.54) is 0 Å². The minimum Gasteiger partial charge on any atom is -0.455 e. The van der Waals surface area contributed by atoms with Gasteiger partial charge in [0.1, 0.15) is 11.5 Å². The van der Waals surface area contributed by atoms with Crippen LogP contribution in [0.15, 0.2) is 49.8 Å². The van der Waals surface area contributed by atoms with Gasteiger partial charge in [-0.1, -0.05) is 22.0 Å². The molecule has 0 aromatic heterocycles. The van der Waals surface area contributed by atoms with E-state index < -0.39 is 0 Å². The van der Waals surface area contributed by atoms with E-state index >= 15 is 0 Å². The van der Waals surface area contributed by atoms with Crippen LogP contribution in [0.5, 0.6) is 11.5 Å². The average Bonchev–Trinajstić information content (AvgIpc) is 2.34. The van der Waals surface area contributed by atoms with Gasteiger partial charge < -0.3 is 10.5 Å². The van der Waals surface area contributed by atoms with E-state index in [4.69, 9.17) is 10.5 Å². The third-order valence-electron chi connectivity index (χ3n) is 2.60. The Labute approximate surface area is 137 Å². The van der Waals surface area contributed by atoms with Crippen molar-refractivity contribution >= 4 is 47.8 Å². The van der Waals surface area contributed by atoms with Crippen LogP contribution in [0.3, 0.4) is 0 Å². The van der Waals surface area contributed by atoms with Crippen molar-refractivity contribution in [1.29, 1.82) is 0 Å². The smallest absolute Gasteiger partial charge is 0.141 e. The molecule has 5 heteroatoms. The number of halogens is 3. The summed E-state index contributed by atoms with van der Waals surface area (Å²) in [5, 5.41) is 0. The van der Waals surface area contributed by atoms with E-state index in [9.17, 15) is 0 Å². The summed E-state index contributed by atoms with van der Waals surface area (Å²) in [6.45, 7) is 1.95. The molecule has 0 radical (unpaired) electrons. The summed E-state index contributed by atoms with van der Waals surface area (Å²) in [5.41, 5.74) is 6.92. The van der Waals surface area contributed by atoms with E-state index in [0.29, 0.717) is 0 Å². The van der Waals surface area contributed by atoms with Gasteiger partial charge in [0.05, 0.1) is 8.95 Å². The summed E-state index contributed by atoms with van der Waals surface area (Å²) >= 11 is 10.4. The highest BCUT2D eigenvalue weighted by Gasteiger charge is 2.08. The standard InChI is InChI=1S/C14H12Br3NO/c1-8(18)9-2-4-13(11(16)6-9)19-14-5-3-10(15)7-12(14)17/h2-8H,18H2,1H3/t8-/m1/s1. The molecule has 19 heavy (non-hydrogen) atoms. The minimum atomic E-state index is 0.00441. The summed E-state index contributed by atoms with van der Waals surface area (Å²) in [7, 11) is 0. The predicted octanol–water partition coefficient (Wildman–Crippen LogP) is 5.79. The van der Waals surface area contributed by atoms with Crippen molar-refractivity contribution in [2.45, 2.75) is 13.0 Å². The molecule has 0 aliphatic rings. The quantitative estimate of drug-likeness (QED) is 0.644. The van der Waals surface area contributed by atoms with Crippen molar-refractivity contribution in [3.05, 3.63) is 55.4 Å². The second-order valence-electron chi connectivity index (χ2n) is 4.16. The minimum absolute atomic E-state index is 0.00441. The Hall–Kier alpha value is -0.360. The van der Waals surface area contributed by atoms with Gasteiger partial charge in [-0.3, -0.25) is 0 Å². The van der Waals surface area contributed by atoms with E-state index in [-0.39, 0.29) is 6.04 Å². The van der Waals surface area contributed by atoms with Crippen molar-refractivity contribution in [3.63, 3.8) is 0 Å². The second kappa shape index (κ2) is 6.39. The van der Waals surface area contributed by atoms with Crippen LogP contribution in [-0.2, 0) is 0 Å². The molecule has 0 bridgehead atoms. The summed E-state index contributed by atoms with van der Waals surface area (Å²) < 4.78 is 8.65. The van der Waals surface area contributed by atoms with E-state index in [2.05, 4.69) is 47.8 Å². The maximum Gasteiger partial charge on any atom is 0.141 e. The highest BCUT2D eigenvalue weighted by atomic mass is 79.9. The molecule has 0 spiro atoms. The Morgan fingerprint density at radius 3 is 2.05 bits per heavy atom. The molecule has 0 aliphatic carbocycles. The number of rotatable bonds is 3. The number of hydrogen-bond donors (Lipinski definition) is 1. The van der Waals surface area contributed by atoms with Crippen LogP contribution < -0.4 is 10.5 Å². The number of benzene rings is 2. The number of nitrogens with two attached hydrogens (primary N) is 1. The summed E-state index contributed by atoms with van der Waals surface area (Å²) in [4.78, 5) is 0. The van der Waals surface area contributed by atoms with Crippen LogP contribution in [0.2, 0.25) is 0 Å².